The van der Waals surface area contributed by atoms with Crippen LogP contribution in [0.4, 0.5) is 0 Å². The maximum atomic E-state index is 4.75. The normalized spacial score (nSPS) is 23.9. The number of hydrogen-bond acceptors (Lipinski definition) is 5. The molecule has 0 fully saturated rings. The first-order valence-electron chi connectivity index (χ1n) is 10.7. The van der Waals surface area contributed by atoms with Crippen LogP contribution in [0.15, 0.2) is 33.1 Å². The van der Waals surface area contributed by atoms with E-state index in [2.05, 4.69) is 68.6 Å². The lowest BCUT2D eigenvalue weighted by atomic mass is 10.1. The van der Waals surface area contributed by atoms with Crippen molar-refractivity contribution in [1.82, 2.24) is 0 Å². The molecule has 1 aliphatic rings. The molecular weight excluding hydrogens is 548 g/mol. The van der Waals surface area contributed by atoms with E-state index >= 15 is 0 Å². The number of rotatable bonds is 12. The first-order valence-corrected chi connectivity index (χ1v) is 14.8. The number of thioether (sulfide) groups is 1. The van der Waals surface area contributed by atoms with E-state index in [9.17, 15) is 0 Å². The molecule has 0 aliphatic carbocycles. The summed E-state index contributed by atoms with van der Waals surface area (Å²) in [6.07, 6.45) is 12.5. The fourth-order valence-corrected chi connectivity index (χ4v) is 10.2. The highest BCUT2D eigenvalue weighted by Gasteiger charge is 2.50. The van der Waals surface area contributed by atoms with E-state index in [0.717, 1.165) is 12.8 Å². The monoisotopic (exact) mass is 576 g/mol. The van der Waals surface area contributed by atoms with E-state index < -0.39 is 7.56 Å². The summed E-state index contributed by atoms with van der Waals surface area (Å²) in [4.78, 5) is 2.59. The lowest BCUT2D eigenvalue weighted by molar-refractivity contribution is 0.664. The molecule has 7 heteroatoms. The van der Waals surface area contributed by atoms with Crippen molar-refractivity contribution in [2.75, 3.05) is 0 Å². The third-order valence-electron chi connectivity index (χ3n) is 5.23. The van der Waals surface area contributed by atoms with Gasteiger partial charge in [-0.05, 0) is 91.6 Å². The molecule has 0 saturated heterocycles. The zero-order chi connectivity index (χ0) is 20.7. The van der Waals surface area contributed by atoms with Crippen LogP contribution < -0.4 is 0 Å². The van der Waals surface area contributed by atoms with Gasteiger partial charge in [-0.1, -0.05) is 64.1 Å². The van der Waals surface area contributed by atoms with Gasteiger partial charge in [-0.3, -0.25) is 0 Å². The Labute approximate surface area is 204 Å². The van der Waals surface area contributed by atoms with Gasteiger partial charge in [-0.2, -0.15) is 10.2 Å². The molecule has 0 bridgehead atoms. The first kappa shape index (κ1) is 24.0. The molecule has 2 aromatic heterocycles. The van der Waals surface area contributed by atoms with Crippen LogP contribution in [0.5, 0.6) is 0 Å². The smallest absolute Gasteiger partial charge is 0.156 e. The minimum absolute atomic E-state index is 0.492. The number of alkyl halides is 2. The molecule has 0 aromatic carbocycles. The van der Waals surface area contributed by atoms with Gasteiger partial charge in [0.05, 0.1) is 9.75 Å². The summed E-state index contributed by atoms with van der Waals surface area (Å²) in [5.41, 5.74) is 2.83. The molecular formula is C22H30Br2N2S3. The second-order valence-electron chi connectivity index (χ2n) is 7.60. The molecule has 0 amide bonds. The zero-order valence-corrected chi connectivity index (χ0v) is 22.9. The predicted octanol–water partition coefficient (Wildman–Crippen LogP) is 9.96. The molecule has 0 radical (unpaired) electrons. The van der Waals surface area contributed by atoms with Gasteiger partial charge in [0.2, 0.25) is 7.56 Å². The molecule has 2 aromatic rings. The van der Waals surface area contributed by atoms with Gasteiger partial charge in [0.25, 0.3) is 0 Å². The fourth-order valence-electron chi connectivity index (χ4n) is 3.62. The Balaban J connectivity index is 1.70. The lowest BCUT2D eigenvalue weighted by Gasteiger charge is -2.23. The average molecular weight is 579 g/mol. The molecule has 2 atom stereocenters. The third-order valence-corrected chi connectivity index (χ3v) is 11.3. The largest absolute Gasteiger partial charge is 0.219 e. The standard InChI is InChI=1S/C22H30Br2N2S3/c1-3-5-7-9-11-17-13-15-27-19(17)21(23)25-26-22(24,29-21)20-18(14-16-28-20)12-10-8-6-4-2/h13-16H,3-12H2,1-2H3. The lowest BCUT2D eigenvalue weighted by Crippen LogP contribution is -2.14. The van der Waals surface area contributed by atoms with Crippen LogP contribution in [0, 0.1) is 0 Å². The van der Waals surface area contributed by atoms with Gasteiger partial charge in [0, 0.05) is 0 Å². The molecule has 2 unspecified atom stereocenters. The molecule has 1 aliphatic heterocycles. The van der Waals surface area contributed by atoms with Crippen LogP contribution in [0.3, 0.4) is 0 Å². The zero-order valence-electron chi connectivity index (χ0n) is 17.3. The van der Waals surface area contributed by atoms with E-state index in [1.807, 2.05) is 0 Å². The maximum absolute atomic E-state index is 4.75. The molecule has 29 heavy (non-hydrogen) atoms. The Morgan fingerprint density at radius 3 is 1.59 bits per heavy atom. The van der Waals surface area contributed by atoms with Crippen molar-refractivity contribution in [2.45, 2.75) is 85.6 Å². The van der Waals surface area contributed by atoms with Crippen LogP contribution in [0.1, 0.15) is 86.1 Å². The van der Waals surface area contributed by atoms with Gasteiger partial charge < -0.3 is 0 Å². The third kappa shape index (κ3) is 5.97. The highest BCUT2D eigenvalue weighted by Crippen LogP contribution is 2.65. The number of thiophene rings is 2. The van der Waals surface area contributed by atoms with Crippen LogP contribution in [-0.4, -0.2) is 0 Å². The average Bonchev–Trinajstić information content (AvgIpc) is 3.43. The van der Waals surface area contributed by atoms with Crippen molar-refractivity contribution < 1.29 is 0 Å². The van der Waals surface area contributed by atoms with Crippen LogP contribution in [0.2, 0.25) is 0 Å². The van der Waals surface area contributed by atoms with Crippen LogP contribution in [-0.2, 0) is 20.4 Å². The minimum atomic E-state index is -0.492. The molecule has 160 valence electrons. The van der Waals surface area contributed by atoms with E-state index in [0.29, 0.717) is 0 Å². The Kier molecular flexibility index (Phi) is 9.30. The molecule has 2 nitrogen and oxygen atoms in total. The number of halogens is 2. The predicted molar refractivity (Wildman–Crippen MR) is 138 cm³/mol. The van der Waals surface area contributed by atoms with Crippen LogP contribution >= 0.6 is 66.3 Å². The summed E-state index contributed by atoms with van der Waals surface area (Å²) in [7, 11) is 0. The van der Waals surface area contributed by atoms with Gasteiger partial charge >= 0.3 is 0 Å². The highest BCUT2D eigenvalue weighted by molar-refractivity contribution is 9.13. The van der Waals surface area contributed by atoms with Gasteiger partial charge in [0.15, 0.2) is 0 Å². The van der Waals surface area contributed by atoms with Gasteiger partial charge in [-0.15, -0.1) is 22.7 Å². The van der Waals surface area contributed by atoms with E-state index in [1.165, 1.54) is 72.2 Å². The molecule has 3 heterocycles. The van der Waals surface area contributed by atoms with E-state index in [4.69, 9.17) is 10.2 Å². The molecule has 0 N–H and O–H groups in total. The fraction of sp³-hybridized carbons (Fsp3) is 0.636. The quantitative estimate of drug-likeness (QED) is 0.140. The Morgan fingerprint density at radius 1 is 0.724 bits per heavy atom. The Hall–Kier alpha value is 0.310. The van der Waals surface area contributed by atoms with Crippen molar-refractivity contribution in [1.29, 1.82) is 0 Å². The van der Waals surface area contributed by atoms with Crippen molar-refractivity contribution >= 4 is 66.3 Å². The second-order valence-corrected chi connectivity index (χ2v) is 14.2. The first-order chi connectivity index (χ1) is 14.0. The summed E-state index contributed by atoms with van der Waals surface area (Å²) in [5.74, 6) is 0. The van der Waals surface area contributed by atoms with Crippen LogP contribution in [0.25, 0.3) is 0 Å². The number of aryl methyl sites for hydroxylation is 2. The molecule has 0 saturated carbocycles. The minimum Gasteiger partial charge on any atom is -0.156 e. The summed E-state index contributed by atoms with van der Waals surface area (Å²) in [5, 5.41) is 13.9. The van der Waals surface area contributed by atoms with Gasteiger partial charge in [-0.25, -0.2) is 0 Å². The summed E-state index contributed by atoms with van der Waals surface area (Å²) < 4.78 is -0.984. The second kappa shape index (κ2) is 11.3. The topological polar surface area (TPSA) is 24.7 Å². The number of azo groups is 1. The van der Waals surface area contributed by atoms with Crippen molar-refractivity contribution in [3.63, 3.8) is 0 Å². The Bertz CT molecular complexity index is 739. The van der Waals surface area contributed by atoms with E-state index in [1.54, 1.807) is 34.4 Å². The molecule has 3 rings (SSSR count). The molecule has 0 spiro atoms. The van der Waals surface area contributed by atoms with Crippen molar-refractivity contribution in [3.8, 4) is 0 Å². The number of hydrogen-bond donors (Lipinski definition) is 0. The summed E-state index contributed by atoms with van der Waals surface area (Å²) in [6, 6.07) is 4.53. The highest BCUT2D eigenvalue weighted by atomic mass is 79.9. The Morgan fingerprint density at radius 2 is 1.17 bits per heavy atom. The maximum Gasteiger partial charge on any atom is 0.219 e. The summed E-state index contributed by atoms with van der Waals surface area (Å²) in [6.45, 7) is 4.52. The number of unbranched alkanes of at least 4 members (excludes halogenated alkanes) is 6. The SMILES string of the molecule is CCCCCCc1ccsc1C1(Br)N=NC(Br)(c2sccc2CCCCCC)S1. The summed E-state index contributed by atoms with van der Waals surface area (Å²) >= 11 is 13.3. The van der Waals surface area contributed by atoms with Crippen molar-refractivity contribution in [3.05, 3.63) is 43.8 Å². The van der Waals surface area contributed by atoms with E-state index in [-0.39, 0.29) is 0 Å². The number of nitrogens with zero attached hydrogens (tertiary/aromatic N) is 2. The van der Waals surface area contributed by atoms with Gasteiger partial charge in [0.1, 0.15) is 0 Å². The van der Waals surface area contributed by atoms with Crippen molar-refractivity contribution in [2.24, 2.45) is 10.2 Å².